The molecule has 1 aliphatic heterocycles. The molecular weight excluding hydrogens is 403 g/mol. The average Bonchev–Trinajstić information content (AvgIpc) is 3.38. The topological polar surface area (TPSA) is 61.4 Å². The first-order valence-electron chi connectivity index (χ1n) is 9.42. The minimum absolute atomic E-state index is 0.0976. The van der Waals surface area contributed by atoms with Crippen molar-refractivity contribution in [2.24, 2.45) is 0 Å². The van der Waals surface area contributed by atoms with Crippen LogP contribution in [0.1, 0.15) is 40.9 Å². The molecule has 0 aliphatic carbocycles. The summed E-state index contributed by atoms with van der Waals surface area (Å²) in [4.78, 5) is 26.7. The number of amides is 2. The summed E-state index contributed by atoms with van der Waals surface area (Å²) in [6, 6.07) is 6.94. The van der Waals surface area contributed by atoms with Crippen molar-refractivity contribution >= 4 is 34.5 Å². The Morgan fingerprint density at radius 2 is 1.90 bits per heavy atom. The highest BCUT2D eigenvalue weighted by atomic mass is 32.1. The third-order valence-corrected chi connectivity index (χ3v) is 5.52. The number of nitrogens with zero attached hydrogens (tertiary/aromatic N) is 1. The van der Waals surface area contributed by atoms with E-state index >= 15 is 0 Å². The number of halogens is 3. The molecule has 2 heterocycles. The lowest BCUT2D eigenvalue weighted by molar-refractivity contribution is -0.137. The summed E-state index contributed by atoms with van der Waals surface area (Å²) in [6.45, 7) is 1.82. The molecule has 3 rings (SSSR count). The van der Waals surface area contributed by atoms with Crippen LogP contribution in [0, 0.1) is 0 Å². The Hall–Kier alpha value is -2.55. The Morgan fingerprint density at radius 1 is 1.14 bits per heavy atom. The summed E-state index contributed by atoms with van der Waals surface area (Å²) < 4.78 is 39.3. The minimum Gasteiger partial charge on any atom is -0.370 e. The van der Waals surface area contributed by atoms with Crippen LogP contribution < -0.4 is 15.5 Å². The third-order valence-electron chi connectivity index (χ3n) is 4.66. The standard InChI is InChI=1S/C20H22F3N3O2S/c21-20(22,23)14-7-8-16(26-10-1-2-11-26)15(13-14)25-18(27)6-3-9-24-19(28)17-5-4-12-29-17/h4-5,7-8,12-13H,1-3,6,9-11H2,(H,24,28)(H,25,27). The third kappa shape index (κ3) is 5.72. The van der Waals surface area contributed by atoms with Crippen LogP contribution in [0.25, 0.3) is 0 Å². The van der Waals surface area contributed by atoms with Gasteiger partial charge in [0, 0.05) is 26.1 Å². The second-order valence-corrected chi connectivity index (χ2v) is 7.76. The Kier molecular flexibility index (Phi) is 6.79. The van der Waals surface area contributed by atoms with Crippen LogP contribution >= 0.6 is 11.3 Å². The van der Waals surface area contributed by atoms with Crippen molar-refractivity contribution in [2.75, 3.05) is 29.9 Å². The van der Waals surface area contributed by atoms with Gasteiger partial charge in [-0.15, -0.1) is 11.3 Å². The number of carbonyl (C=O) groups excluding carboxylic acids is 2. The summed E-state index contributed by atoms with van der Waals surface area (Å²) in [7, 11) is 0. The summed E-state index contributed by atoms with van der Waals surface area (Å²) in [5.74, 6) is -0.579. The fourth-order valence-electron chi connectivity index (χ4n) is 3.20. The van der Waals surface area contributed by atoms with E-state index in [2.05, 4.69) is 10.6 Å². The first kappa shape index (κ1) is 21.2. The lowest BCUT2D eigenvalue weighted by atomic mass is 10.1. The molecule has 0 saturated carbocycles. The molecule has 1 fully saturated rings. The maximum atomic E-state index is 13.1. The van der Waals surface area contributed by atoms with Gasteiger partial charge in [-0.25, -0.2) is 0 Å². The van der Waals surface area contributed by atoms with Crippen molar-refractivity contribution in [2.45, 2.75) is 31.9 Å². The molecule has 29 heavy (non-hydrogen) atoms. The maximum absolute atomic E-state index is 13.1. The summed E-state index contributed by atoms with van der Waals surface area (Å²) in [6.07, 6.45) is -2.05. The average molecular weight is 425 g/mol. The normalized spacial score (nSPS) is 14.1. The zero-order valence-electron chi connectivity index (χ0n) is 15.7. The number of alkyl halides is 3. The molecule has 2 aromatic rings. The van der Waals surface area contributed by atoms with E-state index < -0.39 is 11.7 Å². The van der Waals surface area contributed by atoms with Gasteiger partial charge in [0.1, 0.15) is 0 Å². The predicted octanol–water partition coefficient (Wildman–Crippen LogP) is 4.52. The van der Waals surface area contributed by atoms with E-state index in [0.717, 1.165) is 38.1 Å². The van der Waals surface area contributed by atoms with E-state index in [0.29, 0.717) is 23.5 Å². The van der Waals surface area contributed by atoms with Crippen LogP contribution in [0.5, 0.6) is 0 Å². The van der Waals surface area contributed by atoms with E-state index in [-0.39, 0.29) is 23.9 Å². The van der Waals surface area contributed by atoms with Gasteiger partial charge >= 0.3 is 6.18 Å². The molecule has 156 valence electrons. The molecule has 9 heteroatoms. The van der Waals surface area contributed by atoms with Crippen molar-refractivity contribution in [3.05, 3.63) is 46.2 Å². The number of benzene rings is 1. The van der Waals surface area contributed by atoms with Gasteiger partial charge < -0.3 is 15.5 Å². The second kappa shape index (κ2) is 9.30. The zero-order valence-corrected chi connectivity index (χ0v) is 16.5. The Morgan fingerprint density at radius 3 is 2.55 bits per heavy atom. The summed E-state index contributed by atoms with van der Waals surface area (Å²) >= 11 is 1.33. The van der Waals surface area contributed by atoms with E-state index in [1.807, 2.05) is 4.90 Å². The van der Waals surface area contributed by atoms with Gasteiger partial charge in [-0.2, -0.15) is 13.2 Å². The van der Waals surface area contributed by atoms with Crippen molar-refractivity contribution in [1.82, 2.24) is 5.32 Å². The zero-order chi connectivity index (χ0) is 20.9. The molecule has 0 radical (unpaired) electrons. The van der Waals surface area contributed by atoms with E-state index in [4.69, 9.17) is 0 Å². The monoisotopic (exact) mass is 425 g/mol. The van der Waals surface area contributed by atoms with Crippen molar-refractivity contribution < 1.29 is 22.8 Å². The van der Waals surface area contributed by atoms with Crippen LogP contribution in [0.2, 0.25) is 0 Å². The van der Waals surface area contributed by atoms with Crippen molar-refractivity contribution in [3.8, 4) is 0 Å². The second-order valence-electron chi connectivity index (χ2n) is 6.81. The Bertz CT molecular complexity index is 847. The van der Waals surface area contributed by atoms with E-state index in [1.54, 1.807) is 17.5 Å². The van der Waals surface area contributed by atoms with Crippen LogP contribution in [-0.2, 0) is 11.0 Å². The largest absolute Gasteiger partial charge is 0.416 e. The summed E-state index contributed by atoms with van der Waals surface area (Å²) in [5.41, 5.74) is -0.0110. The number of carbonyl (C=O) groups is 2. The highest BCUT2D eigenvalue weighted by molar-refractivity contribution is 7.12. The SMILES string of the molecule is O=C(CCCNC(=O)c1cccs1)Nc1cc(C(F)(F)F)ccc1N1CCCC1. The van der Waals surface area contributed by atoms with Crippen LogP contribution in [0.3, 0.4) is 0 Å². The Labute approximate surface area is 170 Å². The molecule has 0 atom stereocenters. The first-order valence-corrected chi connectivity index (χ1v) is 10.3. The number of hydrogen-bond donors (Lipinski definition) is 2. The van der Waals surface area contributed by atoms with Gasteiger partial charge in [0.15, 0.2) is 0 Å². The fraction of sp³-hybridized carbons (Fsp3) is 0.400. The molecule has 1 aromatic heterocycles. The van der Waals surface area contributed by atoms with Crippen molar-refractivity contribution in [1.29, 1.82) is 0 Å². The lowest BCUT2D eigenvalue weighted by Crippen LogP contribution is -2.25. The van der Waals surface area contributed by atoms with E-state index in [1.165, 1.54) is 17.4 Å². The smallest absolute Gasteiger partial charge is 0.370 e. The number of nitrogens with one attached hydrogen (secondary N) is 2. The van der Waals surface area contributed by atoms with Crippen molar-refractivity contribution in [3.63, 3.8) is 0 Å². The van der Waals surface area contributed by atoms with Crippen LogP contribution in [-0.4, -0.2) is 31.4 Å². The molecule has 2 N–H and O–H groups in total. The predicted molar refractivity (Wildman–Crippen MR) is 107 cm³/mol. The van der Waals surface area contributed by atoms with Gasteiger partial charge in [0.2, 0.25) is 5.91 Å². The van der Waals surface area contributed by atoms with Gasteiger partial charge in [0.25, 0.3) is 5.91 Å². The quantitative estimate of drug-likeness (QED) is 0.642. The minimum atomic E-state index is -4.48. The van der Waals surface area contributed by atoms with Gasteiger partial charge in [0.05, 0.1) is 21.8 Å². The van der Waals surface area contributed by atoms with Crippen LogP contribution in [0.15, 0.2) is 35.7 Å². The first-order chi connectivity index (χ1) is 13.8. The molecule has 1 saturated heterocycles. The molecule has 1 aromatic carbocycles. The maximum Gasteiger partial charge on any atom is 0.416 e. The van der Waals surface area contributed by atoms with Gasteiger partial charge in [-0.1, -0.05) is 6.07 Å². The molecule has 0 spiro atoms. The lowest BCUT2D eigenvalue weighted by Gasteiger charge is -2.23. The molecule has 5 nitrogen and oxygen atoms in total. The van der Waals surface area contributed by atoms with Crippen LogP contribution in [0.4, 0.5) is 24.5 Å². The molecular formula is C20H22F3N3O2S. The molecule has 1 aliphatic rings. The highest BCUT2D eigenvalue weighted by Crippen LogP contribution is 2.36. The van der Waals surface area contributed by atoms with Gasteiger partial charge in [-0.05, 0) is 48.9 Å². The summed E-state index contributed by atoms with van der Waals surface area (Å²) in [5, 5.41) is 7.15. The van der Waals surface area contributed by atoms with Gasteiger partial charge in [-0.3, -0.25) is 9.59 Å². The number of thiophene rings is 1. The molecule has 2 amide bonds. The highest BCUT2D eigenvalue weighted by Gasteiger charge is 2.32. The van der Waals surface area contributed by atoms with E-state index in [9.17, 15) is 22.8 Å². The number of hydrogen-bond acceptors (Lipinski definition) is 4. The molecule has 0 bridgehead atoms. The molecule has 0 unspecified atom stereocenters. The Balaban J connectivity index is 1.58. The number of rotatable bonds is 7. The fourth-order valence-corrected chi connectivity index (χ4v) is 3.84. The number of anilines is 2.